The lowest BCUT2D eigenvalue weighted by Gasteiger charge is -2.32. The summed E-state index contributed by atoms with van der Waals surface area (Å²) >= 11 is 1.56. The normalized spacial score (nSPS) is 14.9. The molecule has 0 aliphatic carbocycles. The van der Waals surface area contributed by atoms with Gasteiger partial charge in [-0.1, -0.05) is 36.4 Å². The zero-order valence-corrected chi connectivity index (χ0v) is 20.6. The van der Waals surface area contributed by atoms with Crippen molar-refractivity contribution in [2.45, 2.75) is 26.9 Å². The van der Waals surface area contributed by atoms with Crippen molar-refractivity contribution in [1.29, 1.82) is 0 Å². The number of ether oxygens (including phenoxy) is 1. The molecule has 0 radical (unpaired) electrons. The second-order valence-corrected chi connectivity index (χ2v) is 9.48. The number of aryl methyl sites for hydroxylation is 2. The van der Waals surface area contributed by atoms with E-state index in [0.29, 0.717) is 17.1 Å². The average molecular weight is 484 g/mol. The molecule has 5 rings (SSSR count). The molecule has 176 valence electrons. The summed E-state index contributed by atoms with van der Waals surface area (Å²) in [6.45, 7) is 5.61. The van der Waals surface area contributed by atoms with Gasteiger partial charge in [-0.15, -0.1) is 11.3 Å². The van der Waals surface area contributed by atoms with Crippen LogP contribution in [0.1, 0.15) is 18.1 Å². The second-order valence-electron chi connectivity index (χ2n) is 8.62. The molecule has 1 aliphatic heterocycles. The Hall–Kier alpha value is -3.97. The third-order valence-electron chi connectivity index (χ3n) is 6.08. The standard InChI is InChI=1S/C28H25N3O3S/c1-17-9-11-22(13-18(17)2)29-26(32)15-31-24-14-21(10-12-25(24)34-19(3)28(31)33)23-16-35-27(30-23)20-7-5-4-6-8-20/h4-14,16,19H,15H2,1-3H3,(H,29,32). The molecule has 2 heterocycles. The predicted octanol–water partition coefficient (Wildman–Crippen LogP) is 5.85. The van der Waals surface area contributed by atoms with Gasteiger partial charge in [-0.2, -0.15) is 0 Å². The number of hydrogen-bond acceptors (Lipinski definition) is 5. The molecule has 35 heavy (non-hydrogen) atoms. The highest BCUT2D eigenvalue weighted by molar-refractivity contribution is 7.13. The SMILES string of the molecule is Cc1ccc(NC(=O)CN2C(=O)C(C)Oc3ccc(-c4csc(-c5ccccc5)n4)cc32)cc1C. The molecule has 2 amide bonds. The van der Waals surface area contributed by atoms with Gasteiger partial charge >= 0.3 is 0 Å². The molecule has 0 spiro atoms. The van der Waals surface area contributed by atoms with E-state index in [2.05, 4.69) is 5.32 Å². The predicted molar refractivity (Wildman–Crippen MR) is 140 cm³/mol. The topological polar surface area (TPSA) is 71.5 Å². The highest BCUT2D eigenvalue weighted by atomic mass is 32.1. The first-order valence-electron chi connectivity index (χ1n) is 11.4. The Balaban J connectivity index is 1.42. The van der Waals surface area contributed by atoms with Gasteiger partial charge in [0.15, 0.2) is 6.10 Å². The van der Waals surface area contributed by atoms with E-state index in [-0.39, 0.29) is 18.4 Å². The molecular weight excluding hydrogens is 458 g/mol. The van der Waals surface area contributed by atoms with Gasteiger partial charge in [-0.3, -0.25) is 14.5 Å². The third-order valence-corrected chi connectivity index (χ3v) is 6.97. The number of thiazole rings is 1. The fourth-order valence-corrected chi connectivity index (χ4v) is 4.85. The molecule has 3 aromatic carbocycles. The van der Waals surface area contributed by atoms with Crippen molar-refractivity contribution in [1.82, 2.24) is 4.98 Å². The van der Waals surface area contributed by atoms with Gasteiger partial charge in [0.25, 0.3) is 5.91 Å². The van der Waals surface area contributed by atoms with Crippen LogP contribution in [-0.4, -0.2) is 29.4 Å². The van der Waals surface area contributed by atoms with Crippen LogP contribution in [0.25, 0.3) is 21.8 Å². The van der Waals surface area contributed by atoms with Crippen molar-refractivity contribution in [3.8, 4) is 27.6 Å². The number of nitrogens with zero attached hydrogens (tertiary/aromatic N) is 2. The number of aromatic nitrogens is 1. The monoisotopic (exact) mass is 483 g/mol. The number of carbonyl (C=O) groups is 2. The first kappa shape index (κ1) is 22.8. The second kappa shape index (κ2) is 9.35. The van der Waals surface area contributed by atoms with Crippen molar-refractivity contribution < 1.29 is 14.3 Å². The number of fused-ring (bicyclic) bond motifs is 1. The quantitative estimate of drug-likeness (QED) is 0.387. The highest BCUT2D eigenvalue weighted by Crippen LogP contribution is 2.38. The van der Waals surface area contributed by atoms with Crippen LogP contribution in [0.3, 0.4) is 0 Å². The minimum absolute atomic E-state index is 0.109. The molecule has 7 heteroatoms. The Labute approximate surface area is 208 Å². The third kappa shape index (κ3) is 4.68. The number of anilines is 2. The Morgan fingerprint density at radius 3 is 2.60 bits per heavy atom. The van der Waals surface area contributed by atoms with E-state index in [9.17, 15) is 9.59 Å². The molecule has 6 nitrogen and oxygen atoms in total. The van der Waals surface area contributed by atoms with Gasteiger partial charge < -0.3 is 10.1 Å². The van der Waals surface area contributed by atoms with Crippen LogP contribution in [0, 0.1) is 13.8 Å². The summed E-state index contributed by atoms with van der Waals surface area (Å²) in [4.78, 5) is 32.2. The smallest absolute Gasteiger partial charge is 0.268 e. The molecule has 0 fully saturated rings. The average Bonchev–Trinajstić information content (AvgIpc) is 3.35. The Morgan fingerprint density at radius 1 is 1.03 bits per heavy atom. The molecule has 0 saturated heterocycles. The van der Waals surface area contributed by atoms with Crippen LogP contribution in [0.15, 0.2) is 72.1 Å². The van der Waals surface area contributed by atoms with E-state index in [1.165, 1.54) is 4.90 Å². The van der Waals surface area contributed by atoms with Crippen LogP contribution >= 0.6 is 11.3 Å². The number of amides is 2. The van der Waals surface area contributed by atoms with Gasteiger partial charge in [0.2, 0.25) is 5.91 Å². The Morgan fingerprint density at radius 2 is 1.83 bits per heavy atom. The molecule has 1 aliphatic rings. The number of rotatable bonds is 5. The lowest BCUT2D eigenvalue weighted by Crippen LogP contribution is -2.47. The van der Waals surface area contributed by atoms with Gasteiger partial charge in [-0.25, -0.2) is 4.98 Å². The Bertz CT molecular complexity index is 1410. The minimum atomic E-state index is -0.674. The summed E-state index contributed by atoms with van der Waals surface area (Å²) in [5, 5.41) is 5.82. The van der Waals surface area contributed by atoms with E-state index < -0.39 is 6.10 Å². The molecule has 4 aromatic rings. The summed E-state index contributed by atoms with van der Waals surface area (Å²) in [5.41, 5.74) is 6.23. The van der Waals surface area contributed by atoms with Crippen LogP contribution in [0.4, 0.5) is 11.4 Å². The van der Waals surface area contributed by atoms with Crippen LogP contribution in [-0.2, 0) is 9.59 Å². The fourth-order valence-electron chi connectivity index (χ4n) is 4.01. The Kier molecular flexibility index (Phi) is 6.09. The fraction of sp³-hybridized carbons (Fsp3) is 0.179. The molecule has 1 aromatic heterocycles. The zero-order valence-electron chi connectivity index (χ0n) is 19.7. The lowest BCUT2D eigenvalue weighted by molar-refractivity contribution is -0.127. The van der Waals surface area contributed by atoms with E-state index in [0.717, 1.165) is 33.0 Å². The first-order chi connectivity index (χ1) is 16.9. The summed E-state index contributed by atoms with van der Waals surface area (Å²) in [5.74, 6) is 0.0403. The molecule has 1 atom stereocenters. The maximum absolute atomic E-state index is 13.0. The number of benzene rings is 3. The van der Waals surface area contributed by atoms with E-state index in [1.54, 1.807) is 18.3 Å². The van der Waals surface area contributed by atoms with E-state index in [4.69, 9.17) is 9.72 Å². The van der Waals surface area contributed by atoms with Gasteiger partial charge in [0.1, 0.15) is 17.3 Å². The van der Waals surface area contributed by atoms with Gasteiger partial charge in [0.05, 0.1) is 11.4 Å². The van der Waals surface area contributed by atoms with Crippen LogP contribution < -0.4 is 15.0 Å². The number of nitrogens with one attached hydrogen (secondary N) is 1. The van der Waals surface area contributed by atoms with Crippen molar-refractivity contribution in [2.24, 2.45) is 0 Å². The van der Waals surface area contributed by atoms with Crippen LogP contribution in [0.5, 0.6) is 5.75 Å². The first-order valence-corrected chi connectivity index (χ1v) is 12.3. The van der Waals surface area contributed by atoms with Crippen molar-refractivity contribution in [3.63, 3.8) is 0 Å². The van der Waals surface area contributed by atoms with E-state index in [1.807, 2.05) is 86.0 Å². The van der Waals surface area contributed by atoms with E-state index >= 15 is 0 Å². The summed E-state index contributed by atoms with van der Waals surface area (Å²) < 4.78 is 5.83. The maximum Gasteiger partial charge on any atom is 0.268 e. The minimum Gasteiger partial charge on any atom is -0.479 e. The molecule has 1 unspecified atom stereocenters. The zero-order chi connectivity index (χ0) is 24.5. The van der Waals surface area contributed by atoms with Gasteiger partial charge in [0, 0.05) is 22.2 Å². The highest BCUT2D eigenvalue weighted by Gasteiger charge is 2.33. The van der Waals surface area contributed by atoms with Crippen molar-refractivity contribution in [2.75, 3.05) is 16.8 Å². The van der Waals surface area contributed by atoms with Gasteiger partial charge in [-0.05, 0) is 62.2 Å². The summed E-state index contributed by atoms with van der Waals surface area (Å²) in [6, 6.07) is 21.4. The number of carbonyl (C=O) groups excluding carboxylic acids is 2. The maximum atomic E-state index is 13.0. The van der Waals surface area contributed by atoms with Crippen LogP contribution in [0.2, 0.25) is 0 Å². The summed E-state index contributed by atoms with van der Waals surface area (Å²) in [6.07, 6.45) is -0.674. The summed E-state index contributed by atoms with van der Waals surface area (Å²) in [7, 11) is 0. The van der Waals surface area contributed by atoms with Crippen molar-refractivity contribution >= 4 is 34.5 Å². The molecular formula is C28H25N3O3S. The largest absolute Gasteiger partial charge is 0.479 e. The molecule has 0 saturated carbocycles. The number of hydrogen-bond donors (Lipinski definition) is 1. The molecule has 1 N–H and O–H groups in total. The lowest BCUT2D eigenvalue weighted by atomic mass is 10.1. The van der Waals surface area contributed by atoms with Crippen molar-refractivity contribution in [3.05, 3.63) is 83.2 Å². The molecule has 0 bridgehead atoms.